The summed E-state index contributed by atoms with van der Waals surface area (Å²) < 4.78 is 10.9. The van der Waals surface area contributed by atoms with E-state index in [1.165, 1.54) is 6.07 Å². The third-order valence-electron chi connectivity index (χ3n) is 4.46. The lowest BCUT2D eigenvalue weighted by Crippen LogP contribution is -2.33. The van der Waals surface area contributed by atoms with Crippen molar-refractivity contribution in [3.05, 3.63) is 96.4 Å². The number of pyridine rings is 1. The van der Waals surface area contributed by atoms with Gasteiger partial charge in [-0.3, -0.25) is 14.6 Å². The molecule has 32 heavy (non-hydrogen) atoms. The number of anilines is 1. The molecule has 2 N–H and O–H groups in total. The fourth-order valence-electron chi connectivity index (χ4n) is 2.89. The van der Waals surface area contributed by atoms with Gasteiger partial charge in [0.25, 0.3) is 5.91 Å². The highest BCUT2D eigenvalue weighted by Crippen LogP contribution is 2.20. The van der Waals surface area contributed by atoms with Gasteiger partial charge in [-0.25, -0.2) is 0 Å². The van der Waals surface area contributed by atoms with Gasteiger partial charge in [-0.05, 0) is 18.2 Å². The molecule has 0 aliphatic carbocycles. The number of ether oxygens (including phenoxy) is 1. The number of carbonyl (C=O) groups is 2. The smallest absolute Gasteiger partial charge is 0.273 e. The quantitative estimate of drug-likeness (QED) is 0.443. The van der Waals surface area contributed by atoms with E-state index in [9.17, 15) is 9.59 Å². The first-order valence-electron chi connectivity index (χ1n) is 9.89. The van der Waals surface area contributed by atoms with Gasteiger partial charge in [0.15, 0.2) is 11.5 Å². The van der Waals surface area contributed by atoms with Gasteiger partial charge < -0.3 is 19.9 Å². The highest BCUT2D eigenvalue weighted by Gasteiger charge is 2.14. The van der Waals surface area contributed by atoms with Crippen molar-refractivity contribution >= 4 is 17.5 Å². The fraction of sp³-hybridized carbons (Fsp3) is 0.0833. The van der Waals surface area contributed by atoms with Crippen LogP contribution in [0.5, 0.6) is 5.75 Å². The molecular weight excluding hydrogens is 408 g/mol. The van der Waals surface area contributed by atoms with E-state index in [2.05, 4.69) is 20.8 Å². The predicted molar refractivity (Wildman–Crippen MR) is 118 cm³/mol. The SMILES string of the molecule is O=C(CNC(=O)c1cc(-c2ccccc2)on1)Nc1cccc(OCc2cccnc2)c1. The van der Waals surface area contributed by atoms with Gasteiger partial charge in [0.2, 0.25) is 5.91 Å². The Hall–Kier alpha value is -4.46. The molecular formula is C24H20N4O4. The van der Waals surface area contributed by atoms with Crippen molar-refractivity contribution in [2.45, 2.75) is 6.61 Å². The molecule has 2 amide bonds. The molecule has 0 saturated heterocycles. The Morgan fingerprint density at radius 1 is 0.969 bits per heavy atom. The van der Waals surface area contributed by atoms with Crippen LogP contribution in [0, 0.1) is 0 Å². The third kappa shape index (κ3) is 5.57. The summed E-state index contributed by atoms with van der Waals surface area (Å²) in [5, 5.41) is 9.03. The van der Waals surface area contributed by atoms with Gasteiger partial charge in [-0.15, -0.1) is 0 Å². The van der Waals surface area contributed by atoms with Gasteiger partial charge in [0, 0.05) is 41.3 Å². The monoisotopic (exact) mass is 428 g/mol. The topological polar surface area (TPSA) is 106 Å². The van der Waals surface area contributed by atoms with Gasteiger partial charge in [0.05, 0.1) is 6.54 Å². The zero-order valence-corrected chi connectivity index (χ0v) is 17.0. The van der Waals surface area contributed by atoms with E-state index in [0.29, 0.717) is 23.8 Å². The van der Waals surface area contributed by atoms with E-state index < -0.39 is 5.91 Å². The van der Waals surface area contributed by atoms with Crippen molar-refractivity contribution in [2.24, 2.45) is 0 Å². The van der Waals surface area contributed by atoms with E-state index in [0.717, 1.165) is 11.1 Å². The van der Waals surface area contributed by atoms with Crippen LogP contribution in [0.1, 0.15) is 16.1 Å². The summed E-state index contributed by atoms with van der Waals surface area (Å²) in [6, 6.07) is 21.6. The molecule has 8 heteroatoms. The Bertz CT molecular complexity index is 1190. The summed E-state index contributed by atoms with van der Waals surface area (Å²) >= 11 is 0. The molecule has 0 spiro atoms. The molecule has 4 rings (SSSR count). The molecule has 0 aliphatic rings. The van der Waals surface area contributed by atoms with E-state index in [1.807, 2.05) is 42.5 Å². The second-order valence-electron chi connectivity index (χ2n) is 6.85. The molecule has 0 aliphatic heterocycles. The minimum atomic E-state index is -0.500. The molecule has 4 aromatic rings. The number of nitrogens with zero attached hydrogens (tertiary/aromatic N) is 2. The largest absolute Gasteiger partial charge is 0.489 e. The first kappa shape index (κ1) is 20.8. The number of aromatic nitrogens is 2. The zero-order chi connectivity index (χ0) is 22.2. The highest BCUT2D eigenvalue weighted by molar-refractivity contribution is 5.98. The zero-order valence-electron chi connectivity index (χ0n) is 17.0. The molecule has 0 saturated carbocycles. The lowest BCUT2D eigenvalue weighted by molar-refractivity contribution is -0.115. The minimum absolute atomic E-state index is 0.0995. The number of hydrogen-bond acceptors (Lipinski definition) is 6. The van der Waals surface area contributed by atoms with Crippen LogP contribution in [0.2, 0.25) is 0 Å². The molecule has 2 heterocycles. The number of nitrogens with one attached hydrogen (secondary N) is 2. The van der Waals surface area contributed by atoms with Gasteiger partial charge >= 0.3 is 0 Å². The summed E-state index contributed by atoms with van der Waals surface area (Å²) in [6.07, 6.45) is 3.43. The normalized spacial score (nSPS) is 10.4. The van der Waals surface area contributed by atoms with Gasteiger partial charge in [0.1, 0.15) is 12.4 Å². The molecule has 0 bridgehead atoms. The Morgan fingerprint density at radius 2 is 1.84 bits per heavy atom. The second-order valence-corrected chi connectivity index (χ2v) is 6.85. The lowest BCUT2D eigenvalue weighted by Gasteiger charge is -2.09. The average Bonchev–Trinajstić information content (AvgIpc) is 3.33. The van der Waals surface area contributed by atoms with Crippen molar-refractivity contribution in [3.63, 3.8) is 0 Å². The van der Waals surface area contributed by atoms with Crippen LogP contribution in [-0.2, 0) is 11.4 Å². The Morgan fingerprint density at radius 3 is 2.66 bits per heavy atom. The van der Waals surface area contributed by atoms with Crippen LogP contribution in [0.25, 0.3) is 11.3 Å². The maximum Gasteiger partial charge on any atom is 0.273 e. The van der Waals surface area contributed by atoms with Crippen molar-refractivity contribution in [1.29, 1.82) is 0 Å². The number of rotatable bonds is 8. The first-order valence-corrected chi connectivity index (χ1v) is 9.89. The van der Waals surface area contributed by atoms with E-state index in [-0.39, 0.29) is 18.1 Å². The molecule has 0 unspecified atom stereocenters. The highest BCUT2D eigenvalue weighted by atomic mass is 16.5. The Balaban J connectivity index is 1.28. The van der Waals surface area contributed by atoms with Crippen molar-refractivity contribution in [2.75, 3.05) is 11.9 Å². The maximum absolute atomic E-state index is 12.3. The van der Waals surface area contributed by atoms with Crippen LogP contribution in [-0.4, -0.2) is 28.5 Å². The standard InChI is InChI=1S/C24H20N4O4/c29-23(15-26-24(30)21-13-22(32-28-21)18-7-2-1-3-8-18)27-19-9-4-10-20(12-19)31-16-17-6-5-11-25-14-17/h1-14H,15-16H2,(H,26,30)(H,27,29). The van der Waals surface area contributed by atoms with Crippen LogP contribution in [0.4, 0.5) is 5.69 Å². The second kappa shape index (κ2) is 10.0. The van der Waals surface area contributed by atoms with Crippen LogP contribution in [0.3, 0.4) is 0 Å². The summed E-state index contributed by atoms with van der Waals surface area (Å²) in [7, 11) is 0. The first-order chi connectivity index (χ1) is 15.7. The number of benzene rings is 2. The molecule has 0 fully saturated rings. The third-order valence-corrected chi connectivity index (χ3v) is 4.46. The summed E-state index contributed by atoms with van der Waals surface area (Å²) in [6.45, 7) is 0.150. The minimum Gasteiger partial charge on any atom is -0.489 e. The summed E-state index contributed by atoms with van der Waals surface area (Å²) in [5.74, 6) is 0.198. The molecule has 0 atom stereocenters. The average molecular weight is 428 g/mol. The number of carbonyl (C=O) groups excluding carboxylic acids is 2. The van der Waals surface area contributed by atoms with Crippen LogP contribution in [0.15, 0.2) is 89.7 Å². The molecule has 2 aromatic carbocycles. The van der Waals surface area contributed by atoms with Crippen molar-refractivity contribution in [1.82, 2.24) is 15.5 Å². The van der Waals surface area contributed by atoms with Crippen LogP contribution < -0.4 is 15.4 Å². The maximum atomic E-state index is 12.3. The summed E-state index contributed by atoms with van der Waals surface area (Å²) in [4.78, 5) is 28.6. The fourth-order valence-corrected chi connectivity index (χ4v) is 2.89. The predicted octanol–water partition coefficient (Wildman–Crippen LogP) is 3.68. The summed E-state index contributed by atoms with van der Waals surface area (Å²) in [5.41, 5.74) is 2.40. The van der Waals surface area contributed by atoms with Crippen LogP contribution >= 0.6 is 0 Å². The number of hydrogen-bond donors (Lipinski definition) is 2. The lowest BCUT2D eigenvalue weighted by atomic mass is 10.1. The molecule has 8 nitrogen and oxygen atoms in total. The van der Waals surface area contributed by atoms with Gasteiger partial charge in [-0.2, -0.15) is 0 Å². The van der Waals surface area contributed by atoms with E-state index in [4.69, 9.17) is 9.26 Å². The van der Waals surface area contributed by atoms with Crippen molar-refractivity contribution in [3.8, 4) is 17.1 Å². The van der Waals surface area contributed by atoms with Crippen molar-refractivity contribution < 1.29 is 18.8 Å². The molecule has 2 aromatic heterocycles. The number of amides is 2. The Labute approximate surface area is 184 Å². The Kier molecular flexibility index (Phi) is 6.52. The molecule has 160 valence electrons. The molecule has 0 radical (unpaired) electrons. The van der Waals surface area contributed by atoms with Gasteiger partial charge in [-0.1, -0.05) is 47.6 Å². The van der Waals surface area contributed by atoms with E-state index in [1.54, 1.807) is 36.7 Å². The van der Waals surface area contributed by atoms with E-state index >= 15 is 0 Å².